The molecule has 0 fully saturated rings. The molecule has 0 aliphatic heterocycles. The van der Waals surface area contributed by atoms with E-state index in [4.69, 9.17) is 11.6 Å². The molecular formula is C5H4ClN5O. The maximum Gasteiger partial charge on any atom is 0.311 e. The number of halogens is 1. The molecule has 2 aromatic heterocycles. The SMILES string of the molecule is Cc1nc2nnc(Cl)c(=O)n2[nH]1. The fourth-order valence-electron chi connectivity index (χ4n) is 0.869. The Morgan fingerprint density at radius 3 is 3.00 bits per heavy atom. The molecule has 0 atom stereocenters. The van der Waals surface area contributed by atoms with Crippen LogP contribution in [0.1, 0.15) is 5.82 Å². The van der Waals surface area contributed by atoms with Gasteiger partial charge in [-0.2, -0.15) is 9.50 Å². The predicted octanol–water partition coefficient (Wildman–Crippen LogP) is -0.226. The lowest BCUT2D eigenvalue weighted by atomic mass is 10.8. The molecule has 0 bridgehead atoms. The summed E-state index contributed by atoms with van der Waals surface area (Å²) in [5.41, 5.74) is -0.442. The fourth-order valence-corrected chi connectivity index (χ4v) is 0.991. The molecule has 0 aliphatic carbocycles. The van der Waals surface area contributed by atoms with Gasteiger partial charge in [-0.1, -0.05) is 11.6 Å². The summed E-state index contributed by atoms with van der Waals surface area (Å²) >= 11 is 5.44. The summed E-state index contributed by atoms with van der Waals surface area (Å²) < 4.78 is 1.14. The highest BCUT2D eigenvalue weighted by atomic mass is 35.5. The standard InChI is InChI=1S/C5H4ClN5O/c1-2-7-5-9-8-3(6)4(12)11(5)10-2/h1H3,(H,7,9,10). The number of fused-ring (bicyclic) bond motifs is 1. The van der Waals surface area contributed by atoms with Crippen LogP contribution in [0.15, 0.2) is 4.79 Å². The lowest BCUT2D eigenvalue weighted by Gasteiger charge is -1.87. The summed E-state index contributed by atoms with van der Waals surface area (Å²) in [6.45, 7) is 1.71. The van der Waals surface area contributed by atoms with Gasteiger partial charge in [-0.3, -0.25) is 9.89 Å². The van der Waals surface area contributed by atoms with E-state index < -0.39 is 5.56 Å². The molecule has 0 spiro atoms. The Morgan fingerprint density at radius 1 is 1.50 bits per heavy atom. The van der Waals surface area contributed by atoms with Crippen LogP contribution in [-0.2, 0) is 0 Å². The molecule has 12 heavy (non-hydrogen) atoms. The van der Waals surface area contributed by atoms with Crippen molar-refractivity contribution >= 4 is 17.4 Å². The van der Waals surface area contributed by atoms with Crippen molar-refractivity contribution in [2.75, 3.05) is 0 Å². The van der Waals surface area contributed by atoms with Gasteiger partial charge in [-0.05, 0) is 6.92 Å². The van der Waals surface area contributed by atoms with Crippen LogP contribution >= 0.6 is 11.6 Å². The zero-order valence-corrected chi connectivity index (χ0v) is 6.83. The summed E-state index contributed by atoms with van der Waals surface area (Å²) in [5.74, 6) is 0.811. The normalized spacial score (nSPS) is 10.8. The van der Waals surface area contributed by atoms with Crippen molar-refractivity contribution in [2.24, 2.45) is 0 Å². The molecule has 0 amide bonds. The average molecular weight is 186 g/mol. The highest BCUT2D eigenvalue weighted by Crippen LogP contribution is 1.95. The number of nitrogens with zero attached hydrogens (tertiary/aromatic N) is 4. The van der Waals surface area contributed by atoms with Crippen LogP contribution in [0.25, 0.3) is 5.78 Å². The van der Waals surface area contributed by atoms with Crippen molar-refractivity contribution < 1.29 is 0 Å². The zero-order valence-electron chi connectivity index (χ0n) is 6.08. The second kappa shape index (κ2) is 2.28. The molecule has 62 valence electrons. The number of aromatic nitrogens is 5. The van der Waals surface area contributed by atoms with Crippen LogP contribution in [0, 0.1) is 6.92 Å². The largest absolute Gasteiger partial charge is 0.311 e. The summed E-state index contributed by atoms with van der Waals surface area (Å²) in [4.78, 5) is 15.1. The van der Waals surface area contributed by atoms with Crippen molar-refractivity contribution in [1.29, 1.82) is 0 Å². The molecule has 2 aromatic rings. The van der Waals surface area contributed by atoms with E-state index in [-0.39, 0.29) is 10.9 Å². The molecule has 7 heteroatoms. The Bertz CT molecular complexity index is 486. The van der Waals surface area contributed by atoms with Gasteiger partial charge in [0.2, 0.25) is 5.15 Å². The first-order chi connectivity index (χ1) is 5.68. The lowest BCUT2D eigenvalue weighted by molar-refractivity contribution is 0.841. The quantitative estimate of drug-likeness (QED) is 0.616. The highest BCUT2D eigenvalue weighted by Gasteiger charge is 2.06. The first kappa shape index (κ1) is 7.23. The number of hydrogen-bond acceptors (Lipinski definition) is 4. The molecule has 0 saturated carbocycles. The zero-order chi connectivity index (χ0) is 8.72. The first-order valence-corrected chi connectivity index (χ1v) is 3.54. The summed E-state index contributed by atoms with van der Waals surface area (Å²) in [5, 5.41) is 9.52. The van der Waals surface area contributed by atoms with Crippen LogP contribution < -0.4 is 5.56 Å². The second-order valence-electron chi connectivity index (χ2n) is 2.24. The van der Waals surface area contributed by atoms with E-state index in [1.54, 1.807) is 6.92 Å². The Morgan fingerprint density at radius 2 is 2.25 bits per heavy atom. The smallest absolute Gasteiger partial charge is 0.275 e. The summed E-state index contributed by atoms with van der Waals surface area (Å²) in [6.07, 6.45) is 0. The van der Waals surface area contributed by atoms with Crippen molar-refractivity contribution in [3.63, 3.8) is 0 Å². The molecule has 0 unspecified atom stereocenters. The van der Waals surface area contributed by atoms with Gasteiger partial charge in [0.15, 0.2) is 0 Å². The van der Waals surface area contributed by atoms with E-state index in [0.717, 1.165) is 4.52 Å². The third-order valence-corrected chi connectivity index (χ3v) is 1.59. The second-order valence-corrected chi connectivity index (χ2v) is 2.60. The molecule has 2 rings (SSSR count). The molecule has 1 N–H and O–H groups in total. The Hall–Kier alpha value is -1.43. The van der Waals surface area contributed by atoms with E-state index in [2.05, 4.69) is 20.3 Å². The molecular weight excluding hydrogens is 182 g/mol. The third-order valence-electron chi connectivity index (χ3n) is 1.35. The molecule has 2 heterocycles. The van der Waals surface area contributed by atoms with Crippen LogP contribution in [-0.4, -0.2) is 24.8 Å². The van der Waals surface area contributed by atoms with Crippen molar-refractivity contribution in [2.45, 2.75) is 6.92 Å². The maximum atomic E-state index is 11.2. The number of aryl methyl sites for hydroxylation is 1. The van der Waals surface area contributed by atoms with Crippen LogP contribution in [0.3, 0.4) is 0 Å². The average Bonchev–Trinajstić information content (AvgIpc) is 2.39. The number of nitrogens with one attached hydrogen (secondary N) is 1. The van der Waals surface area contributed by atoms with Gasteiger partial charge in [0.25, 0.3) is 5.78 Å². The van der Waals surface area contributed by atoms with Gasteiger partial charge < -0.3 is 0 Å². The van der Waals surface area contributed by atoms with Crippen LogP contribution in [0.5, 0.6) is 0 Å². The first-order valence-electron chi connectivity index (χ1n) is 3.16. The predicted molar refractivity (Wildman–Crippen MR) is 41.1 cm³/mol. The third kappa shape index (κ3) is 0.884. The van der Waals surface area contributed by atoms with Crippen LogP contribution in [0.2, 0.25) is 5.15 Å². The van der Waals surface area contributed by atoms with Crippen LogP contribution in [0.4, 0.5) is 0 Å². The minimum absolute atomic E-state index is 0.170. The molecule has 0 radical (unpaired) electrons. The number of rotatable bonds is 0. The van der Waals surface area contributed by atoms with Crippen molar-refractivity contribution in [3.05, 3.63) is 21.3 Å². The van der Waals surface area contributed by atoms with Gasteiger partial charge in [-0.15, -0.1) is 10.2 Å². The van der Waals surface area contributed by atoms with Gasteiger partial charge in [0.1, 0.15) is 5.82 Å². The summed E-state index contributed by atoms with van der Waals surface area (Å²) in [7, 11) is 0. The highest BCUT2D eigenvalue weighted by molar-refractivity contribution is 6.29. The Balaban J connectivity index is 2.99. The molecule has 0 aromatic carbocycles. The topological polar surface area (TPSA) is 75.9 Å². The molecule has 6 nitrogen and oxygen atoms in total. The van der Waals surface area contributed by atoms with E-state index >= 15 is 0 Å². The maximum absolute atomic E-state index is 11.2. The lowest BCUT2D eigenvalue weighted by Crippen LogP contribution is -2.17. The van der Waals surface area contributed by atoms with E-state index in [9.17, 15) is 4.79 Å². The van der Waals surface area contributed by atoms with Gasteiger partial charge in [0.05, 0.1) is 0 Å². The van der Waals surface area contributed by atoms with Crippen molar-refractivity contribution in [1.82, 2.24) is 24.8 Å². The van der Waals surface area contributed by atoms with Crippen molar-refractivity contribution in [3.8, 4) is 0 Å². The van der Waals surface area contributed by atoms with E-state index in [0.29, 0.717) is 5.82 Å². The van der Waals surface area contributed by atoms with Gasteiger partial charge in [0, 0.05) is 0 Å². The van der Waals surface area contributed by atoms with Gasteiger partial charge >= 0.3 is 5.56 Å². The number of H-pyrrole nitrogens is 1. The monoisotopic (exact) mass is 185 g/mol. The van der Waals surface area contributed by atoms with Gasteiger partial charge in [-0.25, -0.2) is 0 Å². The van der Waals surface area contributed by atoms with E-state index in [1.165, 1.54) is 0 Å². The summed E-state index contributed by atoms with van der Waals surface area (Å²) in [6, 6.07) is 0. The number of aromatic amines is 1. The molecule has 0 saturated heterocycles. The minimum atomic E-state index is -0.442. The minimum Gasteiger partial charge on any atom is -0.275 e. The Labute approximate surface area is 71.2 Å². The van der Waals surface area contributed by atoms with E-state index in [1.807, 2.05) is 0 Å². The Kier molecular flexibility index (Phi) is 1.37. The molecule has 0 aliphatic rings. The number of hydrogen-bond donors (Lipinski definition) is 1. The fraction of sp³-hybridized carbons (Fsp3) is 0.200.